The number of halogens is 2. The molecule has 0 saturated heterocycles. The van der Waals surface area contributed by atoms with E-state index in [9.17, 15) is 19.3 Å². The van der Waals surface area contributed by atoms with Crippen molar-refractivity contribution in [2.45, 2.75) is 0 Å². The first-order valence-corrected chi connectivity index (χ1v) is 3.94. The molecule has 0 N–H and O–H groups in total. The van der Waals surface area contributed by atoms with Crippen molar-refractivity contribution >= 4 is 27.9 Å². The Balaban J connectivity index is 3.39. The van der Waals surface area contributed by atoms with E-state index in [0.29, 0.717) is 6.29 Å². The van der Waals surface area contributed by atoms with Gasteiger partial charge in [0.05, 0.1) is 9.40 Å². The molecule has 0 atom stereocenters. The third kappa shape index (κ3) is 1.72. The summed E-state index contributed by atoms with van der Waals surface area (Å²) in [5.41, 5.74) is -0.611. The van der Waals surface area contributed by atoms with Gasteiger partial charge in [-0.3, -0.25) is 14.9 Å². The summed E-state index contributed by atoms with van der Waals surface area (Å²) in [6, 6.07) is 2.13. The Morgan fingerprint density at radius 3 is 2.62 bits per heavy atom. The van der Waals surface area contributed by atoms with E-state index in [-0.39, 0.29) is 10.0 Å². The number of carbonyl (C=O) groups is 1. The average Bonchev–Trinajstić information content (AvgIpc) is 2.09. The SMILES string of the molecule is O=Cc1ccc([N+](=O)[O-])c(F)c1Br. The highest BCUT2D eigenvalue weighted by atomic mass is 79.9. The molecule has 4 nitrogen and oxygen atoms in total. The second kappa shape index (κ2) is 3.61. The Labute approximate surface area is 80.6 Å². The van der Waals surface area contributed by atoms with Crippen molar-refractivity contribution in [3.8, 4) is 0 Å². The quantitative estimate of drug-likeness (QED) is 0.458. The van der Waals surface area contributed by atoms with Crippen LogP contribution in [0.1, 0.15) is 10.4 Å². The van der Waals surface area contributed by atoms with Gasteiger partial charge in [0.2, 0.25) is 5.82 Å². The minimum Gasteiger partial charge on any atom is -0.298 e. The Hall–Kier alpha value is -1.30. The van der Waals surface area contributed by atoms with Gasteiger partial charge in [0.15, 0.2) is 6.29 Å². The van der Waals surface area contributed by atoms with Crippen LogP contribution >= 0.6 is 15.9 Å². The van der Waals surface area contributed by atoms with Gasteiger partial charge in [0, 0.05) is 11.6 Å². The summed E-state index contributed by atoms with van der Waals surface area (Å²) >= 11 is 2.75. The fourth-order valence-electron chi connectivity index (χ4n) is 0.786. The second-order valence-electron chi connectivity index (χ2n) is 2.18. The lowest BCUT2D eigenvalue weighted by atomic mass is 10.2. The van der Waals surface area contributed by atoms with Crippen LogP contribution in [-0.4, -0.2) is 11.2 Å². The molecule has 0 aromatic heterocycles. The summed E-state index contributed by atoms with van der Waals surface area (Å²) in [5.74, 6) is -1.03. The lowest BCUT2D eigenvalue weighted by Gasteiger charge is -1.98. The number of hydrogen-bond acceptors (Lipinski definition) is 3. The van der Waals surface area contributed by atoms with Gasteiger partial charge < -0.3 is 0 Å². The van der Waals surface area contributed by atoms with Crippen molar-refractivity contribution < 1.29 is 14.1 Å². The van der Waals surface area contributed by atoms with Crippen LogP contribution in [0.5, 0.6) is 0 Å². The Kier molecular flexibility index (Phi) is 2.72. The lowest BCUT2D eigenvalue weighted by Crippen LogP contribution is -1.95. The molecule has 6 heteroatoms. The zero-order valence-electron chi connectivity index (χ0n) is 6.16. The van der Waals surface area contributed by atoms with Crippen molar-refractivity contribution in [2.75, 3.05) is 0 Å². The molecular weight excluding hydrogens is 245 g/mol. The summed E-state index contributed by atoms with van der Waals surface area (Å²) in [4.78, 5) is 19.7. The fourth-order valence-corrected chi connectivity index (χ4v) is 1.21. The number of nitro groups is 1. The predicted octanol–water partition coefficient (Wildman–Crippen LogP) is 2.31. The smallest absolute Gasteiger partial charge is 0.298 e. The molecule has 0 radical (unpaired) electrons. The van der Waals surface area contributed by atoms with Gasteiger partial charge in [0.25, 0.3) is 0 Å². The maximum atomic E-state index is 13.1. The zero-order chi connectivity index (χ0) is 10.0. The molecule has 1 rings (SSSR count). The second-order valence-corrected chi connectivity index (χ2v) is 2.97. The number of carbonyl (C=O) groups excluding carboxylic acids is 1. The van der Waals surface area contributed by atoms with Gasteiger partial charge in [-0.05, 0) is 22.0 Å². The molecule has 0 spiro atoms. The van der Waals surface area contributed by atoms with E-state index in [1.165, 1.54) is 6.07 Å². The van der Waals surface area contributed by atoms with E-state index in [4.69, 9.17) is 0 Å². The molecule has 68 valence electrons. The summed E-state index contributed by atoms with van der Waals surface area (Å²) < 4.78 is 12.9. The van der Waals surface area contributed by atoms with Crippen molar-refractivity contribution in [1.82, 2.24) is 0 Å². The van der Waals surface area contributed by atoms with E-state index in [2.05, 4.69) is 15.9 Å². The van der Waals surface area contributed by atoms with Gasteiger partial charge >= 0.3 is 5.69 Å². The van der Waals surface area contributed by atoms with Crippen LogP contribution in [0.4, 0.5) is 10.1 Å². The summed E-state index contributed by atoms with van der Waals surface area (Å²) in [5, 5.41) is 10.2. The first kappa shape index (κ1) is 9.79. The summed E-state index contributed by atoms with van der Waals surface area (Å²) in [7, 11) is 0. The van der Waals surface area contributed by atoms with Gasteiger partial charge in [0.1, 0.15) is 0 Å². The molecule has 1 aromatic carbocycles. The van der Waals surface area contributed by atoms with Crippen LogP contribution < -0.4 is 0 Å². The van der Waals surface area contributed by atoms with Crippen molar-refractivity contribution in [3.63, 3.8) is 0 Å². The molecule has 0 amide bonds. The molecule has 1 aromatic rings. The van der Waals surface area contributed by atoms with Gasteiger partial charge in [-0.25, -0.2) is 0 Å². The number of hydrogen-bond donors (Lipinski definition) is 0. The van der Waals surface area contributed by atoms with Gasteiger partial charge in [-0.15, -0.1) is 0 Å². The molecule has 0 aliphatic rings. The first-order valence-electron chi connectivity index (χ1n) is 3.15. The number of rotatable bonds is 2. The van der Waals surface area contributed by atoms with Crippen LogP contribution in [0.3, 0.4) is 0 Å². The molecule has 0 heterocycles. The van der Waals surface area contributed by atoms with E-state index in [0.717, 1.165) is 6.07 Å². The minimum atomic E-state index is -1.03. The molecule has 13 heavy (non-hydrogen) atoms. The zero-order valence-corrected chi connectivity index (χ0v) is 7.75. The molecule has 0 unspecified atom stereocenters. The van der Waals surface area contributed by atoms with Gasteiger partial charge in [-0.1, -0.05) is 0 Å². The van der Waals surface area contributed by atoms with Crippen molar-refractivity contribution in [1.29, 1.82) is 0 Å². The normalized spacial score (nSPS) is 9.69. The molecular formula is C7H3BrFNO3. The van der Waals surface area contributed by atoms with Crippen LogP contribution in [0.25, 0.3) is 0 Å². The number of nitro benzene ring substituents is 1. The van der Waals surface area contributed by atoms with E-state index in [1.807, 2.05) is 0 Å². The largest absolute Gasteiger partial charge is 0.306 e. The predicted molar refractivity (Wildman–Crippen MR) is 46.1 cm³/mol. The maximum absolute atomic E-state index is 13.1. The highest BCUT2D eigenvalue weighted by Gasteiger charge is 2.18. The van der Waals surface area contributed by atoms with E-state index in [1.54, 1.807) is 0 Å². The molecule has 0 aliphatic heterocycles. The van der Waals surface area contributed by atoms with Crippen LogP contribution in [0.2, 0.25) is 0 Å². The van der Waals surface area contributed by atoms with Crippen molar-refractivity contribution in [2.24, 2.45) is 0 Å². The van der Waals surface area contributed by atoms with Crippen molar-refractivity contribution in [3.05, 3.63) is 38.1 Å². The van der Waals surface area contributed by atoms with Gasteiger partial charge in [-0.2, -0.15) is 4.39 Å². The fraction of sp³-hybridized carbons (Fsp3) is 0. The number of benzene rings is 1. The van der Waals surface area contributed by atoms with Crippen LogP contribution in [-0.2, 0) is 0 Å². The summed E-state index contributed by atoms with van der Waals surface area (Å²) in [6.07, 6.45) is 0.414. The van der Waals surface area contributed by atoms with E-state index >= 15 is 0 Å². The Morgan fingerprint density at radius 1 is 1.54 bits per heavy atom. The maximum Gasteiger partial charge on any atom is 0.306 e. The minimum absolute atomic E-state index is 0.0445. The standard InChI is InChI=1S/C7H3BrFNO3/c8-6-4(3-11)1-2-5(7(6)9)10(12)13/h1-3H. The highest BCUT2D eigenvalue weighted by molar-refractivity contribution is 9.10. The number of aldehydes is 1. The average molecular weight is 248 g/mol. The molecule has 0 saturated carbocycles. The first-order chi connectivity index (χ1) is 6.07. The Morgan fingerprint density at radius 2 is 2.15 bits per heavy atom. The third-order valence-electron chi connectivity index (χ3n) is 1.42. The monoisotopic (exact) mass is 247 g/mol. The molecule has 0 bridgehead atoms. The topological polar surface area (TPSA) is 60.2 Å². The lowest BCUT2D eigenvalue weighted by molar-refractivity contribution is -0.387. The third-order valence-corrected chi connectivity index (χ3v) is 2.22. The highest BCUT2D eigenvalue weighted by Crippen LogP contribution is 2.27. The van der Waals surface area contributed by atoms with Crippen LogP contribution in [0, 0.1) is 15.9 Å². The summed E-state index contributed by atoms with van der Waals surface area (Å²) in [6.45, 7) is 0. The number of nitrogens with zero attached hydrogens (tertiary/aromatic N) is 1. The molecule has 0 fully saturated rings. The molecule has 0 aliphatic carbocycles. The Bertz CT molecular complexity index is 380. The van der Waals surface area contributed by atoms with E-state index < -0.39 is 16.4 Å². The van der Waals surface area contributed by atoms with Crippen LogP contribution in [0.15, 0.2) is 16.6 Å².